The summed E-state index contributed by atoms with van der Waals surface area (Å²) in [7, 11) is 0. The molecule has 7 rings (SSSR count). The Hall–Kier alpha value is -4.18. The largest absolute Gasteiger partial charge is 0.500 e. The molecule has 0 fully saturated rings. The average Bonchev–Trinajstić information content (AvgIpc) is 3.39. The summed E-state index contributed by atoms with van der Waals surface area (Å²) in [4.78, 5) is 13.4. The van der Waals surface area contributed by atoms with E-state index in [1.807, 2.05) is 43.0 Å². The first-order valence-electron chi connectivity index (χ1n) is 15.0. The Morgan fingerprint density at radius 3 is 2.20 bits per heavy atom. The van der Waals surface area contributed by atoms with Crippen LogP contribution in [0.15, 0.2) is 89.9 Å². The first-order valence-corrected chi connectivity index (χ1v) is 15.0. The fourth-order valence-electron chi connectivity index (χ4n) is 5.45. The topological polar surface area (TPSA) is 51.8 Å². The van der Waals surface area contributed by atoms with Gasteiger partial charge in [-0.3, -0.25) is 4.98 Å². The van der Waals surface area contributed by atoms with Crippen LogP contribution in [-0.2, 0) is 26.5 Å². The van der Waals surface area contributed by atoms with Gasteiger partial charge < -0.3 is 14.4 Å². The zero-order valence-electron chi connectivity index (χ0n) is 26.9. The molecule has 0 aliphatic heterocycles. The van der Waals surface area contributed by atoms with Gasteiger partial charge in [-0.15, -0.1) is 53.6 Å². The molecule has 0 atom stereocenters. The van der Waals surface area contributed by atoms with Crippen molar-refractivity contribution in [2.75, 3.05) is 0 Å². The molecule has 0 aliphatic rings. The molecule has 4 nitrogen and oxygen atoms in total. The van der Waals surface area contributed by atoms with Crippen molar-refractivity contribution in [1.82, 2.24) is 15.0 Å². The number of fused-ring (bicyclic) bond motifs is 5. The predicted molar refractivity (Wildman–Crippen MR) is 182 cm³/mol. The standard InChI is InChI=1S/C26H23N2O.C14H14N.Ir/c1-16-14-28-23(12-18(16)13-26(2,3)4)21-7-5-6-19-20-9-8-17-10-11-27-15-22(17)25(20)29-24(19)21;1-10-4-6-13(7-5-10)14-8-11(2)12(3)9-15-14;/h5-6,8-12,14-15H,13H2,1-4H3;4-6,8-9H,1-3H3;/q2*-1;. The van der Waals surface area contributed by atoms with Crippen LogP contribution < -0.4 is 0 Å². The summed E-state index contributed by atoms with van der Waals surface area (Å²) in [5.74, 6) is 0. The number of hydrogen-bond donors (Lipinski definition) is 0. The number of pyridine rings is 3. The second-order valence-corrected chi connectivity index (χ2v) is 12.9. The third-order valence-electron chi connectivity index (χ3n) is 8.03. The molecule has 1 radical (unpaired) electrons. The van der Waals surface area contributed by atoms with Gasteiger partial charge in [0.05, 0.1) is 5.58 Å². The first-order chi connectivity index (χ1) is 21.1. The van der Waals surface area contributed by atoms with E-state index in [4.69, 9.17) is 9.40 Å². The molecule has 4 aromatic heterocycles. The van der Waals surface area contributed by atoms with Crippen LogP contribution in [0, 0.1) is 45.2 Å². The van der Waals surface area contributed by atoms with Crippen LogP contribution in [0.25, 0.3) is 55.2 Å². The monoisotopic (exact) mass is 768 g/mol. The van der Waals surface area contributed by atoms with Crippen LogP contribution in [0.1, 0.15) is 48.6 Å². The van der Waals surface area contributed by atoms with Crippen LogP contribution in [0.2, 0.25) is 0 Å². The Labute approximate surface area is 279 Å². The van der Waals surface area contributed by atoms with Gasteiger partial charge in [0.15, 0.2) is 0 Å². The number of benzene rings is 3. The minimum Gasteiger partial charge on any atom is -0.500 e. The van der Waals surface area contributed by atoms with Gasteiger partial charge in [-0.25, -0.2) is 0 Å². The number of hydrogen-bond acceptors (Lipinski definition) is 4. The Kier molecular flexibility index (Phi) is 9.34. The summed E-state index contributed by atoms with van der Waals surface area (Å²) < 4.78 is 6.41. The van der Waals surface area contributed by atoms with Crippen LogP contribution in [0.3, 0.4) is 0 Å². The fraction of sp³-hybridized carbons (Fsp3) is 0.225. The molecule has 0 aliphatic carbocycles. The Morgan fingerprint density at radius 2 is 1.47 bits per heavy atom. The molecule has 0 saturated heterocycles. The van der Waals surface area contributed by atoms with Crippen molar-refractivity contribution in [2.45, 2.75) is 54.9 Å². The molecule has 0 bridgehead atoms. The maximum Gasteiger partial charge on any atom is 0.130 e. The molecular formula is C40H37IrN3O-2. The van der Waals surface area contributed by atoms with Gasteiger partial charge in [0.1, 0.15) is 5.58 Å². The van der Waals surface area contributed by atoms with E-state index in [1.54, 1.807) is 0 Å². The molecule has 7 aromatic rings. The third-order valence-corrected chi connectivity index (χ3v) is 8.03. The first kappa shape index (κ1) is 32.2. The van der Waals surface area contributed by atoms with Crippen molar-refractivity contribution in [3.8, 4) is 22.5 Å². The van der Waals surface area contributed by atoms with Crippen molar-refractivity contribution in [3.05, 3.63) is 125 Å². The van der Waals surface area contributed by atoms with E-state index in [0.29, 0.717) is 0 Å². The number of furan rings is 1. The maximum absolute atomic E-state index is 6.41. The molecule has 5 heteroatoms. The van der Waals surface area contributed by atoms with Crippen LogP contribution in [-0.4, -0.2) is 15.0 Å². The number of aromatic nitrogens is 3. The summed E-state index contributed by atoms with van der Waals surface area (Å²) in [6.07, 6.45) is 8.56. The van der Waals surface area contributed by atoms with Gasteiger partial charge in [0.2, 0.25) is 0 Å². The molecule has 0 N–H and O–H groups in total. The van der Waals surface area contributed by atoms with E-state index < -0.39 is 0 Å². The SMILES string of the molecule is Cc1c[c-]c(-c2cc(C)c(C)cn2)cc1.Cc1cnc(-c2[c-]ccc3c2oc2c4cnccc4ccc32)cc1CC(C)(C)C.[Ir]. The van der Waals surface area contributed by atoms with Crippen LogP contribution in [0.4, 0.5) is 0 Å². The van der Waals surface area contributed by atoms with Gasteiger partial charge in [-0.2, -0.15) is 0 Å². The van der Waals surface area contributed by atoms with Crippen molar-refractivity contribution in [3.63, 3.8) is 0 Å². The van der Waals surface area contributed by atoms with Gasteiger partial charge in [0.25, 0.3) is 0 Å². The van der Waals surface area contributed by atoms with Gasteiger partial charge >= 0.3 is 0 Å². The zero-order valence-corrected chi connectivity index (χ0v) is 29.3. The Balaban J connectivity index is 0.000000212. The summed E-state index contributed by atoms with van der Waals surface area (Å²) in [5.41, 5.74) is 12.0. The maximum atomic E-state index is 6.41. The summed E-state index contributed by atoms with van der Waals surface area (Å²) in [5, 5.41) is 4.33. The van der Waals surface area contributed by atoms with E-state index in [1.165, 1.54) is 27.8 Å². The third kappa shape index (κ3) is 6.91. The molecule has 4 heterocycles. The van der Waals surface area contributed by atoms with Gasteiger partial charge in [-0.1, -0.05) is 74.0 Å². The molecular weight excluding hydrogens is 731 g/mol. The molecule has 0 amide bonds. The average molecular weight is 768 g/mol. The molecule has 229 valence electrons. The predicted octanol–water partition coefficient (Wildman–Crippen LogP) is 10.4. The molecule has 0 spiro atoms. The zero-order chi connectivity index (χ0) is 31.0. The summed E-state index contributed by atoms with van der Waals surface area (Å²) in [6.45, 7) is 15.2. The van der Waals surface area contributed by atoms with E-state index in [-0.39, 0.29) is 25.5 Å². The number of aryl methyl sites for hydroxylation is 4. The molecule has 0 saturated carbocycles. The number of nitrogens with zero attached hydrogens (tertiary/aromatic N) is 3. The quantitative estimate of drug-likeness (QED) is 0.168. The van der Waals surface area contributed by atoms with E-state index in [0.717, 1.165) is 61.6 Å². The van der Waals surface area contributed by atoms with Crippen molar-refractivity contribution in [2.24, 2.45) is 5.41 Å². The van der Waals surface area contributed by atoms with Gasteiger partial charge in [-0.05, 0) is 66.6 Å². The molecule has 45 heavy (non-hydrogen) atoms. The van der Waals surface area contributed by atoms with Crippen LogP contribution >= 0.6 is 0 Å². The Bertz CT molecular complexity index is 2120. The second-order valence-electron chi connectivity index (χ2n) is 12.9. The summed E-state index contributed by atoms with van der Waals surface area (Å²) >= 11 is 0. The van der Waals surface area contributed by atoms with Gasteiger partial charge in [0, 0.05) is 55.7 Å². The molecule has 0 unspecified atom stereocenters. The number of rotatable bonds is 3. The minimum atomic E-state index is 0. The Morgan fingerprint density at radius 1 is 0.711 bits per heavy atom. The van der Waals surface area contributed by atoms with E-state index in [2.05, 4.69) is 113 Å². The van der Waals surface area contributed by atoms with Crippen molar-refractivity contribution >= 4 is 32.7 Å². The normalized spacial score (nSPS) is 11.4. The van der Waals surface area contributed by atoms with E-state index >= 15 is 0 Å². The second kappa shape index (κ2) is 13.0. The van der Waals surface area contributed by atoms with Crippen LogP contribution in [0.5, 0.6) is 0 Å². The van der Waals surface area contributed by atoms with Crippen molar-refractivity contribution in [1.29, 1.82) is 0 Å². The smallest absolute Gasteiger partial charge is 0.130 e. The molecule has 3 aromatic carbocycles. The summed E-state index contributed by atoms with van der Waals surface area (Å²) in [6, 6.07) is 27.3. The fourth-order valence-corrected chi connectivity index (χ4v) is 5.45. The van der Waals surface area contributed by atoms with Crippen molar-refractivity contribution < 1.29 is 24.5 Å². The minimum absolute atomic E-state index is 0. The van der Waals surface area contributed by atoms with E-state index in [9.17, 15) is 0 Å².